The molecule has 0 bridgehead atoms. The van der Waals surface area contributed by atoms with Crippen LogP contribution in [-0.2, 0) is 31.4 Å². The number of hydrogen-bond donors (Lipinski definition) is 2. The molecule has 0 unspecified atom stereocenters. The molecule has 14 heteroatoms. The van der Waals surface area contributed by atoms with Gasteiger partial charge in [-0.05, 0) is 44.5 Å². The molecule has 0 saturated carbocycles. The van der Waals surface area contributed by atoms with Crippen LogP contribution < -0.4 is 10.1 Å². The lowest BCUT2D eigenvalue weighted by Crippen LogP contribution is -2.32. The van der Waals surface area contributed by atoms with Crippen LogP contribution in [0.4, 0.5) is 10.1 Å². The molecule has 2 aliphatic heterocycles. The Kier molecular flexibility index (Phi) is 10.2. The monoisotopic (exact) mass is 709 g/mol. The van der Waals surface area contributed by atoms with E-state index in [1.807, 2.05) is 23.7 Å². The van der Waals surface area contributed by atoms with E-state index in [2.05, 4.69) is 25.1 Å². The number of alkyl halides is 1. The smallest absolute Gasteiger partial charge is 0.310 e. The number of carbonyl (C=O) groups is 2. The first kappa shape index (κ1) is 34.8. The van der Waals surface area contributed by atoms with Crippen molar-refractivity contribution in [3.8, 4) is 28.4 Å². The maximum atomic E-state index is 13.5. The number of aliphatic carboxylic acids is 1. The van der Waals surface area contributed by atoms with Crippen LogP contribution in [-0.4, -0.2) is 86.3 Å². The molecule has 1 saturated heterocycles. The number of nitrogens with zero attached hydrogens (tertiary/aromatic N) is 6. The number of carbonyl (C=O) groups excluding carboxylic acids is 1. The molecule has 1 amide bonds. The van der Waals surface area contributed by atoms with Crippen LogP contribution in [0.5, 0.6) is 5.88 Å². The van der Waals surface area contributed by atoms with Crippen LogP contribution in [0.2, 0.25) is 10.0 Å². The molecule has 258 valence electrons. The van der Waals surface area contributed by atoms with Crippen LogP contribution in [0.1, 0.15) is 47.3 Å². The number of benzene rings is 1. The summed E-state index contributed by atoms with van der Waals surface area (Å²) in [5, 5.41) is 13.1. The highest BCUT2D eigenvalue weighted by atomic mass is 35.5. The van der Waals surface area contributed by atoms with Gasteiger partial charge in [-0.25, -0.2) is 9.97 Å². The number of aromatic nitrogens is 4. The van der Waals surface area contributed by atoms with Crippen LogP contribution in [0, 0.1) is 5.41 Å². The summed E-state index contributed by atoms with van der Waals surface area (Å²) < 4.78 is 20.2. The quantitative estimate of drug-likeness (QED) is 0.189. The zero-order chi connectivity index (χ0) is 34.9. The van der Waals surface area contributed by atoms with E-state index in [4.69, 9.17) is 32.9 Å². The molecule has 2 N–H and O–H groups in total. The van der Waals surface area contributed by atoms with Crippen LogP contribution >= 0.6 is 23.2 Å². The number of ether oxygens (including phenoxy) is 1. The second-order valence-corrected chi connectivity index (χ2v) is 13.5. The largest absolute Gasteiger partial charge is 0.481 e. The number of methoxy groups -OCH3 is 1. The summed E-state index contributed by atoms with van der Waals surface area (Å²) in [6.45, 7) is 5.03. The third-order valence-electron chi connectivity index (χ3n) is 9.41. The molecule has 2 aliphatic rings. The Balaban J connectivity index is 1.22. The van der Waals surface area contributed by atoms with Gasteiger partial charge in [0.05, 0.1) is 52.0 Å². The van der Waals surface area contributed by atoms with Crippen LogP contribution in [0.25, 0.3) is 22.5 Å². The molecule has 4 aromatic rings. The van der Waals surface area contributed by atoms with Gasteiger partial charge in [0.25, 0.3) is 5.91 Å². The third kappa shape index (κ3) is 7.00. The van der Waals surface area contributed by atoms with Gasteiger partial charge in [0.2, 0.25) is 5.88 Å². The number of imidazole rings is 1. The molecule has 5 heterocycles. The Morgan fingerprint density at radius 1 is 1.08 bits per heavy atom. The summed E-state index contributed by atoms with van der Waals surface area (Å²) in [5.41, 5.74) is 4.36. The summed E-state index contributed by atoms with van der Waals surface area (Å²) in [4.78, 5) is 43.3. The molecule has 0 aliphatic carbocycles. The van der Waals surface area contributed by atoms with Crippen molar-refractivity contribution in [2.75, 3.05) is 45.3 Å². The second-order valence-electron chi connectivity index (χ2n) is 12.8. The SMILES string of the molecule is COc1nc(-c2ccnc(-c3cccc(NC(=O)c4nc5c(n4C)CCN(CCCF)C5)c3Cl)c2Cl)ccc1CN1CC[C@@](C)(C(=O)O)C1. The Bertz CT molecular complexity index is 1900. The summed E-state index contributed by atoms with van der Waals surface area (Å²) >= 11 is 13.9. The topological polar surface area (TPSA) is 126 Å². The number of halogens is 3. The summed E-state index contributed by atoms with van der Waals surface area (Å²) in [6.07, 6.45) is 3.39. The third-order valence-corrected chi connectivity index (χ3v) is 10.2. The number of amides is 1. The first-order valence-corrected chi connectivity index (χ1v) is 16.9. The molecule has 1 atom stereocenters. The first-order chi connectivity index (χ1) is 23.5. The lowest BCUT2D eigenvalue weighted by atomic mass is 9.90. The molecule has 0 spiro atoms. The Morgan fingerprint density at radius 3 is 2.63 bits per heavy atom. The van der Waals surface area contributed by atoms with Crippen LogP contribution in [0.15, 0.2) is 42.6 Å². The summed E-state index contributed by atoms with van der Waals surface area (Å²) in [7, 11) is 3.37. The van der Waals surface area contributed by atoms with Gasteiger partial charge >= 0.3 is 5.97 Å². The van der Waals surface area contributed by atoms with Crippen molar-refractivity contribution in [2.45, 2.75) is 39.3 Å². The van der Waals surface area contributed by atoms with Crippen molar-refractivity contribution in [1.82, 2.24) is 29.3 Å². The number of carboxylic acids is 1. The van der Waals surface area contributed by atoms with Gasteiger partial charge in [-0.3, -0.25) is 28.8 Å². The predicted molar refractivity (Wildman–Crippen MR) is 186 cm³/mol. The number of fused-ring (bicyclic) bond motifs is 1. The highest BCUT2D eigenvalue weighted by molar-refractivity contribution is 6.39. The number of rotatable bonds is 11. The summed E-state index contributed by atoms with van der Waals surface area (Å²) in [6, 6.07) is 10.8. The van der Waals surface area contributed by atoms with E-state index in [1.54, 1.807) is 44.5 Å². The minimum Gasteiger partial charge on any atom is -0.481 e. The van der Waals surface area contributed by atoms with E-state index >= 15 is 0 Å². The zero-order valence-corrected chi connectivity index (χ0v) is 29.1. The molecular formula is C35H38Cl2FN7O4. The number of carboxylic acid groups (broad SMARTS) is 1. The first-order valence-electron chi connectivity index (χ1n) is 16.1. The molecule has 3 aromatic heterocycles. The van der Waals surface area contributed by atoms with Gasteiger partial charge in [-0.1, -0.05) is 41.4 Å². The highest BCUT2D eigenvalue weighted by Crippen LogP contribution is 2.40. The standard InChI is InChI=1S/C35H38Cl2FN7O4/c1-35(34(47)48)12-17-45(20-35)18-21-8-9-24(42-33(21)49-3)22-10-14-39-30(29(22)37)23-6-4-7-25(28(23)36)41-32(46)31-40-26-19-44(15-5-13-38)16-11-27(26)43(31)2/h4,6-10,14H,5,11-13,15-20H2,1-3H3,(H,41,46)(H,47,48)/t35-/m1/s1. The predicted octanol–water partition coefficient (Wildman–Crippen LogP) is 6.13. The molecule has 0 radical (unpaired) electrons. The number of hydrogen-bond acceptors (Lipinski definition) is 8. The van der Waals surface area contributed by atoms with E-state index in [1.165, 1.54) is 0 Å². The van der Waals surface area contributed by atoms with E-state index in [-0.39, 0.29) is 17.5 Å². The van der Waals surface area contributed by atoms with Gasteiger partial charge in [0.1, 0.15) is 0 Å². The Labute approximate surface area is 294 Å². The average Bonchev–Trinajstić information content (AvgIpc) is 3.64. The van der Waals surface area contributed by atoms with Gasteiger partial charge < -0.3 is 19.7 Å². The molecule has 1 fully saturated rings. The molecule has 1 aromatic carbocycles. The van der Waals surface area contributed by atoms with Crippen molar-refractivity contribution in [3.05, 3.63) is 75.4 Å². The van der Waals surface area contributed by atoms with Crippen molar-refractivity contribution in [3.63, 3.8) is 0 Å². The number of pyridine rings is 2. The average molecular weight is 711 g/mol. The van der Waals surface area contributed by atoms with Crippen molar-refractivity contribution in [1.29, 1.82) is 0 Å². The number of nitrogens with one attached hydrogen (secondary N) is 1. The van der Waals surface area contributed by atoms with Crippen molar-refractivity contribution < 1.29 is 23.8 Å². The Hall–Kier alpha value is -4.10. The maximum absolute atomic E-state index is 13.5. The fourth-order valence-corrected chi connectivity index (χ4v) is 7.17. The lowest BCUT2D eigenvalue weighted by Gasteiger charge is -2.26. The van der Waals surface area contributed by atoms with E-state index in [9.17, 15) is 19.1 Å². The summed E-state index contributed by atoms with van der Waals surface area (Å²) in [5.74, 6) is -0.516. The molecular weight excluding hydrogens is 672 g/mol. The molecule has 11 nitrogen and oxygen atoms in total. The van der Waals surface area contributed by atoms with E-state index in [0.717, 1.165) is 29.9 Å². The minimum absolute atomic E-state index is 0.263. The van der Waals surface area contributed by atoms with E-state index < -0.39 is 17.3 Å². The van der Waals surface area contributed by atoms with Crippen molar-refractivity contribution in [2.24, 2.45) is 12.5 Å². The highest BCUT2D eigenvalue weighted by Gasteiger charge is 2.40. The van der Waals surface area contributed by atoms with E-state index in [0.29, 0.717) is 84.7 Å². The lowest BCUT2D eigenvalue weighted by molar-refractivity contribution is -0.147. The zero-order valence-electron chi connectivity index (χ0n) is 27.6. The molecule has 6 rings (SSSR count). The van der Waals surface area contributed by atoms with Crippen LogP contribution in [0.3, 0.4) is 0 Å². The van der Waals surface area contributed by atoms with Gasteiger partial charge in [0, 0.05) is 74.8 Å². The minimum atomic E-state index is -0.794. The fraction of sp³-hybridized carbons (Fsp3) is 0.400. The van der Waals surface area contributed by atoms with Crippen molar-refractivity contribution >= 4 is 40.8 Å². The molecule has 49 heavy (non-hydrogen) atoms. The second kappa shape index (κ2) is 14.4. The normalized spacial score (nSPS) is 18.0. The Morgan fingerprint density at radius 2 is 1.90 bits per heavy atom. The maximum Gasteiger partial charge on any atom is 0.310 e. The number of anilines is 1. The fourth-order valence-electron chi connectivity index (χ4n) is 6.60. The van der Waals surface area contributed by atoms with Gasteiger partial charge in [-0.2, -0.15) is 0 Å². The van der Waals surface area contributed by atoms with Gasteiger partial charge in [0.15, 0.2) is 5.82 Å². The van der Waals surface area contributed by atoms with Gasteiger partial charge in [-0.15, -0.1) is 0 Å². The number of likely N-dealkylation sites (tertiary alicyclic amines) is 1.